The molecule has 1 aromatic rings. The molecule has 0 radical (unpaired) electrons. The first-order valence-electron chi connectivity index (χ1n) is 7.14. The highest BCUT2D eigenvalue weighted by atomic mass is 16.5. The molecule has 0 aromatic carbocycles. The zero-order valence-corrected chi connectivity index (χ0v) is 12.4. The highest BCUT2D eigenvalue weighted by Crippen LogP contribution is 2.19. The van der Waals surface area contributed by atoms with Crippen LogP contribution in [0.4, 0.5) is 0 Å². The number of nitrogens with zero attached hydrogens (tertiary/aromatic N) is 2. The van der Waals surface area contributed by atoms with Crippen molar-refractivity contribution in [3.8, 4) is 0 Å². The number of fused-ring (bicyclic) bond motifs is 1. The van der Waals surface area contributed by atoms with E-state index in [9.17, 15) is 4.79 Å². The van der Waals surface area contributed by atoms with Gasteiger partial charge in [0.2, 0.25) is 0 Å². The Morgan fingerprint density at radius 1 is 1.60 bits per heavy atom. The van der Waals surface area contributed by atoms with Crippen molar-refractivity contribution < 1.29 is 13.9 Å². The van der Waals surface area contributed by atoms with Crippen LogP contribution >= 0.6 is 0 Å². The summed E-state index contributed by atoms with van der Waals surface area (Å²) in [6, 6.07) is -0.0620. The summed E-state index contributed by atoms with van der Waals surface area (Å²) >= 11 is 0. The number of ether oxygens (including phenoxy) is 1. The maximum Gasteiger partial charge on any atom is 0.307 e. The molecule has 112 valence electrons. The van der Waals surface area contributed by atoms with E-state index in [0.717, 1.165) is 43.9 Å². The second-order valence-corrected chi connectivity index (χ2v) is 5.24. The molecule has 1 aromatic heterocycles. The van der Waals surface area contributed by atoms with Gasteiger partial charge in [0.25, 0.3) is 5.89 Å². The van der Waals surface area contributed by atoms with Crippen LogP contribution < -0.4 is 5.32 Å². The van der Waals surface area contributed by atoms with E-state index in [0.29, 0.717) is 6.61 Å². The van der Waals surface area contributed by atoms with E-state index < -0.39 is 0 Å². The normalized spacial score (nSPS) is 16.8. The van der Waals surface area contributed by atoms with Crippen LogP contribution in [0.25, 0.3) is 0 Å². The molecule has 1 unspecified atom stereocenters. The summed E-state index contributed by atoms with van der Waals surface area (Å²) in [5, 5.41) is 2.81. The highest BCUT2D eigenvalue weighted by molar-refractivity contribution is 5.89. The van der Waals surface area contributed by atoms with Crippen LogP contribution in [0, 0.1) is 0 Å². The fourth-order valence-electron chi connectivity index (χ4n) is 2.43. The zero-order valence-electron chi connectivity index (χ0n) is 12.4. The Hall–Kier alpha value is -1.40. The Kier molecular flexibility index (Phi) is 5.14. The number of nitrogens with one attached hydrogen (secondary N) is 1. The standard InChI is InChI=1S/C14H23N3O3/c1-4-6-17-7-5-12-11(8-17)16-14(20-12)13(18)15-10(2)9-19-3/h10H,4-9H2,1-3H3,(H,15,18). The molecule has 0 bridgehead atoms. The Labute approximate surface area is 119 Å². The lowest BCUT2D eigenvalue weighted by molar-refractivity contribution is 0.0869. The van der Waals surface area contributed by atoms with Crippen LogP contribution in [-0.2, 0) is 17.7 Å². The van der Waals surface area contributed by atoms with Crippen molar-refractivity contribution in [1.82, 2.24) is 15.2 Å². The predicted octanol–water partition coefficient (Wildman–Crippen LogP) is 1.21. The number of methoxy groups -OCH3 is 1. The van der Waals surface area contributed by atoms with Crippen molar-refractivity contribution in [3.63, 3.8) is 0 Å². The molecule has 0 spiro atoms. The lowest BCUT2D eigenvalue weighted by Gasteiger charge is -2.24. The van der Waals surface area contributed by atoms with Gasteiger partial charge in [-0.15, -0.1) is 0 Å². The minimum atomic E-state index is -0.272. The van der Waals surface area contributed by atoms with E-state index in [1.165, 1.54) is 0 Å². The number of amides is 1. The summed E-state index contributed by atoms with van der Waals surface area (Å²) in [7, 11) is 1.61. The largest absolute Gasteiger partial charge is 0.437 e. The minimum absolute atomic E-state index is 0.0620. The van der Waals surface area contributed by atoms with Gasteiger partial charge >= 0.3 is 5.91 Å². The second-order valence-electron chi connectivity index (χ2n) is 5.24. The van der Waals surface area contributed by atoms with Gasteiger partial charge < -0.3 is 14.5 Å². The van der Waals surface area contributed by atoms with Gasteiger partial charge in [-0.05, 0) is 19.9 Å². The second kappa shape index (κ2) is 6.85. The van der Waals surface area contributed by atoms with E-state index in [-0.39, 0.29) is 17.8 Å². The summed E-state index contributed by atoms with van der Waals surface area (Å²) in [5.74, 6) is 0.740. The summed E-state index contributed by atoms with van der Waals surface area (Å²) in [6.07, 6.45) is 1.94. The molecule has 0 fully saturated rings. The van der Waals surface area contributed by atoms with Crippen molar-refractivity contribution in [2.24, 2.45) is 0 Å². The number of hydrogen-bond acceptors (Lipinski definition) is 5. The van der Waals surface area contributed by atoms with E-state index in [4.69, 9.17) is 9.15 Å². The van der Waals surface area contributed by atoms with Crippen molar-refractivity contribution in [1.29, 1.82) is 0 Å². The van der Waals surface area contributed by atoms with Crippen molar-refractivity contribution in [2.45, 2.75) is 39.3 Å². The number of carbonyl (C=O) groups is 1. The Balaban J connectivity index is 2.00. The first-order valence-corrected chi connectivity index (χ1v) is 7.14. The van der Waals surface area contributed by atoms with Crippen LogP contribution in [0.3, 0.4) is 0 Å². The first kappa shape index (κ1) is 15.0. The topological polar surface area (TPSA) is 67.6 Å². The maximum atomic E-state index is 12.0. The molecule has 6 heteroatoms. The molecule has 1 atom stereocenters. The summed E-state index contributed by atoms with van der Waals surface area (Å²) < 4.78 is 10.6. The molecule has 0 aliphatic carbocycles. The summed E-state index contributed by atoms with van der Waals surface area (Å²) in [6.45, 7) is 7.31. The lowest BCUT2D eigenvalue weighted by Crippen LogP contribution is -2.35. The van der Waals surface area contributed by atoms with Gasteiger partial charge in [-0.1, -0.05) is 6.92 Å². The molecule has 0 saturated carbocycles. The Bertz CT molecular complexity index is 459. The van der Waals surface area contributed by atoms with Crippen molar-refractivity contribution in [3.05, 3.63) is 17.3 Å². The van der Waals surface area contributed by atoms with Crippen LogP contribution in [0.2, 0.25) is 0 Å². The molecule has 2 heterocycles. The van der Waals surface area contributed by atoms with Gasteiger partial charge in [0, 0.05) is 32.7 Å². The fourth-order valence-corrected chi connectivity index (χ4v) is 2.43. The monoisotopic (exact) mass is 281 g/mol. The smallest absolute Gasteiger partial charge is 0.307 e. The molecule has 1 N–H and O–H groups in total. The number of aromatic nitrogens is 1. The van der Waals surface area contributed by atoms with E-state index in [1.807, 2.05) is 6.92 Å². The molecule has 6 nitrogen and oxygen atoms in total. The van der Waals surface area contributed by atoms with Crippen LogP contribution in [-0.4, -0.2) is 48.6 Å². The Morgan fingerprint density at radius 3 is 3.10 bits per heavy atom. The van der Waals surface area contributed by atoms with Crippen molar-refractivity contribution in [2.75, 3.05) is 26.8 Å². The molecule has 2 rings (SSSR count). The number of hydrogen-bond donors (Lipinski definition) is 1. The van der Waals surface area contributed by atoms with E-state index in [2.05, 4.69) is 22.1 Å². The fraction of sp³-hybridized carbons (Fsp3) is 0.714. The average molecular weight is 281 g/mol. The predicted molar refractivity (Wildman–Crippen MR) is 74.6 cm³/mol. The third kappa shape index (κ3) is 3.58. The third-order valence-electron chi connectivity index (χ3n) is 3.33. The highest BCUT2D eigenvalue weighted by Gasteiger charge is 2.24. The number of carbonyl (C=O) groups excluding carboxylic acids is 1. The van der Waals surface area contributed by atoms with Gasteiger partial charge in [-0.3, -0.25) is 9.69 Å². The van der Waals surface area contributed by atoms with Crippen molar-refractivity contribution >= 4 is 5.91 Å². The lowest BCUT2D eigenvalue weighted by atomic mass is 10.1. The Morgan fingerprint density at radius 2 is 2.40 bits per heavy atom. The maximum absolute atomic E-state index is 12.0. The quantitative estimate of drug-likeness (QED) is 0.849. The van der Waals surface area contributed by atoms with Gasteiger partial charge in [-0.2, -0.15) is 0 Å². The number of oxazole rings is 1. The summed E-state index contributed by atoms with van der Waals surface area (Å²) in [5.41, 5.74) is 0.897. The molecule has 20 heavy (non-hydrogen) atoms. The SMILES string of the molecule is CCCN1CCc2oc(C(=O)NC(C)COC)nc2C1. The number of rotatable bonds is 6. The molecule has 0 saturated heterocycles. The van der Waals surface area contributed by atoms with Gasteiger partial charge in [-0.25, -0.2) is 4.98 Å². The molecular formula is C14H23N3O3. The van der Waals surface area contributed by atoms with Crippen LogP contribution in [0.15, 0.2) is 4.42 Å². The first-order chi connectivity index (χ1) is 9.63. The molecular weight excluding hydrogens is 258 g/mol. The molecule has 1 aliphatic heterocycles. The molecule has 1 amide bonds. The van der Waals surface area contributed by atoms with E-state index in [1.54, 1.807) is 7.11 Å². The zero-order chi connectivity index (χ0) is 14.5. The van der Waals surface area contributed by atoms with Crippen LogP contribution in [0.1, 0.15) is 42.4 Å². The minimum Gasteiger partial charge on any atom is -0.437 e. The molecule has 1 aliphatic rings. The van der Waals surface area contributed by atoms with Crippen LogP contribution in [0.5, 0.6) is 0 Å². The van der Waals surface area contributed by atoms with E-state index >= 15 is 0 Å². The van der Waals surface area contributed by atoms with Gasteiger partial charge in [0.1, 0.15) is 5.76 Å². The average Bonchev–Trinajstić information content (AvgIpc) is 2.82. The van der Waals surface area contributed by atoms with Gasteiger partial charge in [0.05, 0.1) is 12.3 Å². The summed E-state index contributed by atoms with van der Waals surface area (Å²) in [4.78, 5) is 18.7. The third-order valence-corrected chi connectivity index (χ3v) is 3.33. The van der Waals surface area contributed by atoms with Gasteiger partial charge in [0.15, 0.2) is 0 Å².